The number of piperidine rings is 1. The van der Waals surface area contributed by atoms with Gasteiger partial charge in [-0.25, -0.2) is 9.97 Å². The second-order valence-corrected chi connectivity index (χ2v) is 6.28. The van der Waals surface area contributed by atoms with E-state index in [0.29, 0.717) is 18.3 Å². The highest BCUT2D eigenvalue weighted by Crippen LogP contribution is 2.25. The van der Waals surface area contributed by atoms with Gasteiger partial charge in [-0.2, -0.15) is 0 Å². The number of methoxy groups -OCH3 is 1. The van der Waals surface area contributed by atoms with Gasteiger partial charge in [-0.15, -0.1) is 0 Å². The number of hydrogen-bond donors (Lipinski definition) is 0. The average molecular weight is 320 g/mol. The van der Waals surface area contributed by atoms with Crippen molar-refractivity contribution in [3.63, 3.8) is 0 Å². The SMILES string of the molecule is COc1nccnc1O[C@@H]1CCN(C(=O)[C@H]2CCCN(C)C2)C1. The predicted octanol–water partition coefficient (Wildman–Crippen LogP) is 0.807. The molecule has 0 unspecified atom stereocenters. The molecule has 2 saturated heterocycles. The summed E-state index contributed by atoms with van der Waals surface area (Å²) in [6.07, 6.45) is 5.99. The van der Waals surface area contributed by atoms with Gasteiger partial charge in [0.25, 0.3) is 11.8 Å². The van der Waals surface area contributed by atoms with E-state index in [1.165, 1.54) is 0 Å². The molecule has 0 saturated carbocycles. The lowest BCUT2D eigenvalue weighted by atomic mass is 9.97. The van der Waals surface area contributed by atoms with E-state index in [4.69, 9.17) is 9.47 Å². The third-order valence-electron chi connectivity index (χ3n) is 4.54. The van der Waals surface area contributed by atoms with Gasteiger partial charge >= 0.3 is 0 Å². The zero-order chi connectivity index (χ0) is 16.2. The topological polar surface area (TPSA) is 67.8 Å². The molecular weight excluding hydrogens is 296 g/mol. The standard InChI is InChI=1S/C16H24N4O3/c1-19-8-3-4-12(10-19)16(21)20-9-5-13(11-20)23-15-14(22-2)17-6-7-18-15/h6-7,12-13H,3-5,8-11H2,1-2H3/t12-,13+/m0/s1. The van der Waals surface area contributed by atoms with Gasteiger partial charge in [0.05, 0.1) is 19.6 Å². The van der Waals surface area contributed by atoms with Crippen LogP contribution in [0, 0.1) is 5.92 Å². The molecule has 0 radical (unpaired) electrons. The maximum absolute atomic E-state index is 12.7. The molecule has 126 valence electrons. The average Bonchev–Trinajstić information content (AvgIpc) is 3.03. The number of likely N-dealkylation sites (tertiary alicyclic amines) is 2. The van der Waals surface area contributed by atoms with Gasteiger partial charge in [-0.1, -0.05) is 0 Å². The Morgan fingerprint density at radius 3 is 2.70 bits per heavy atom. The molecule has 2 fully saturated rings. The van der Waals surface area contributed by atoms with Crippen LogP contribution in [-0.4, -0.2) is 72.1 Å². The van der Waals surface area contributed by atoms with Crippen LogP contribution in [0.25, 0.3) is 0 Å². The van der Waals surface area contributed by atoms with E-state index in [0.717, 1.165) is 38.9 Å². The molecule has 0 spiro atoms. The number of hydrogen-bond acceptors (Lipinski definition) is 6. The Morgan fingerprint density at radius 1 is 1.17 bits per heavy atom. The van der Waals surface area contributed by atoms with E-state index in [9.17, 15) is 4.79 Å². The lowest BCUT2D eigenvalue weighted by Gasteiger charge is -2.31. The second kappa shape index (κ2) is 7.12. The number of rotatable bonds is 4. The van der Waals surface area contributed by atoms with E-state index in [1.54, 1.807) is 19.5 Å². The van der Waals surface area contributed by atoms with Crippen LogP contribution < -0.4 is 9.47 Å². The van der Waals surface area contributed by atoms with E-state index < -0.39 is 0 Å². The van der Waals surface area contributed by atoms with E-state index in [-0.39, 0.29) is 17.9 Å². The highest BCUT2D eigenvalue weighted by Gasteiger charge is 2.33. The van der Waals surface area contributed by atoms with Crippen molar-refractivity contribution < 1.29 is 14.3 Å². The summed E-state index contributed by atoms with van der Waals surface area (Å²) in [6.45, 7) is 3.30. The van der Waals surface area contributed by atoms with Crippen molar-refractivity contribution in [3.05, 3.63) is 12.4 Å². The number of carbonyl (C=O) groups is 1. The highest BCUT2D eigenvalue weighted by molar-refractivity contribution is 5.79. The minimum absolute atomic E-state index is 0.0501. The van der Waals surface area contributed by atoms with Crippen LogP contribution in [0.3, 0.4) is 0 Å². The minimum Gasteiger partial charge on any atom is -0.477 e. The molecule has 2 aliphatic heterocycles. The maximum atomic E-state index is 12.7. The first-order valence-electron chi connectivity index (χ1n) is 8.16. The summed E-state index contributed by atoms with van der Waals surface area (Å²) >= 11 is 0. The minimum atomic E-state index is -0.0501. The predicted molar refractivity (Wildman–Crippen MR) is 84.4 cm³/mol. The van der Waals surface area contributed by atoms with Crippen LogP contribution >= 0.6 is 0 Å². The number of amides is 1. The molecule has 0 aliphatic carbocycles. The fraction of sp³-hybridized carbons (Fsp3) is 0.688. The molecule has 3 heterocycles. The molecule has 0 bridgehead atoms. The van der Waals surface area contributed by atoms with Crippen molar-refractivity contribution in [2.75, 3.05) is 40.3 Å². The first-order valence-corrected chi connectivity index (χ1v) is 8.16. The Balaban J connectivity index is 1.57. The number of ether oxygens (including phenoxy) is 2. The van der Waals surface area contributed by atoms with Crippen LogP contribution in [-0.2, 0) is 4.79 Å². The molecule has 1 aromatic rings. The molecule has 1 amide bonds. The van der Waals surface area contributed by atoms with Crippen LogP contribution in [0.15, 0.2) is 12.4 Å². The van der Waals surface area contributed by atoms with Crippen molar-refractivity contribution in [3.8, 4) is 11.8 Å². The van der Waals surface area contributed by atoms with Crippen molar-refractivity contribution in [2.45, 2.75) is 25.4 Å². The van der Waals surface area contributed by atoms with Crippen molar-refractivity contribution in [2.24, 2.45) is 5.92 Å². The van der Waals surface area contributed by atoms with E-state index in [2.05, 4.69) is 21.9 Å². The van der Waals surface area contributed by atoms with Gasteiger partial charge in [0.2, 0.25) is 5.91 Å². The van der Waals surface area contributed by atoms with Crippen LogP contribution in [0.5, 0.6) is 11.8 Å². The van der Waals surface area contributed by atoms with Crippen LogP contribution in [0.2, 0.25) is 0 Å². The van der Waals surface area contributed by atoms with Crippen LogP contribution in [0.1, 0.15) is 19.3 Å². The zero-order valence-electron chi connectivity index (χ0n) is 13.8. The summed E-state index contributed by atoms with van der Waals surface area (Å²) < 4.78 is 11.0. The molecule has 2 aliphatic rings. The zero-order valence-corrected chi connectivity index (χ0v) is 13.8. The quantitative estimate of drug-likeness (QED) is 0.818. The summed E-state index contributed by atoms with van der Waals surface area (Å²) in [5.74, 6) is 1.16. The molecule has 1 aromatic heterocycles. The van der Waals surface area contributed by atoms with Crippen LogP contribution in [0.4, 0.5) is 0 Å². The van der Waals surface area contributed by atoms with Gasteiger partial charge in [-0.3, -0.25) is 4.79 Å². The number of nitrogens with zero attached hydrogens (tertiary/aromatic N) is 4. The maximum Gasteiger partial charge on any atom is 0.278 e. The summed E-state index contributed by atoms with van der Waals surface area (Å²) in [6, 6.07) is 0. The van der Waals surface area contributed by atoms with Gasteiger partial charge in [0, 0.05) is 31.9 Å². The first kappa shape index (κ1) is 16.0. The van der Waals surface area contributed by atoms with Gasteiger partial charge < -0.3 is 19.3 Å². The Morgan fingerprint density at radius 2 is 1.96 bits per heavy atom. The Bertz CT molecular complexity index is 554. The third kappa shape index (κ3) is 3.72. The van der Waals surface area contributed by atoms with Gasteiger partial charge in [0.15, 0.2) is 0 Å². The molecule has 7 heteroatoms. The largest absolute Gasteiger partial charge is 0.477 e. The smallest absolute Gasteiger partial charge is 0.278 e. The van der Waals surface area contributed by atoms with Crippen molar-refractivity contribution in [1.82, 2.24) is 19.8 Å². The fourth-order valence-corrected chi connectivity index (χ4v) is 3.34. The lowest BCUT2D eigenvalue weighted by Crippen LogP contribution is -2.43. The third-order valence-corrected chi connectivity index (χ3v) is 4.54. The van der Waals surface area contributed by atoms with E-state index >= 15 is 0 Å². The lowest BCUT2D eigenvalue weighted by molar-refractivity contribution is -0.136. The number of carbonyl (C=O) groups excluding carboxylic acids is 1. The second-order valence-electron chi connectivity index (χ2n) is 6.28. The first-order chi connectivity index (χ1) is 11.2. The summed E-state index contributed by atoms with van der Waals surface area (Å²) in [5, 5.41) is 0. The summed E-state index contributed by atoms with van der Waals surface area (Å²) in [4.78, 5) is 25.1. The molecule has 2 atom stereocenters. The fourth-order valence-electron chi connectivity index (χ4n) is 3.34. The monoisotopic (exact) mass is 320 g/mol. The van der Waals surface area contributed by atoms with Gasteiger partial charge in [-0.05, 0) is 26.4 Å². The molecule has 3 rings (SSSR count). The Labute approximate surface area is 136 Å². The molecule has 23 heavy (non-hydrogen) atoms. The number of aromatic nitrogens is 2. The Kier molecular flexibility index (Phi) is 4.95. The molecule has 0 N–H and O–H groups in total. The molecule has 0 aromatic carbocycles. The molecule has 7 nitrogen and oxygen atoms in total. The van der Waals surface area contributed by atoms with Gasteiger partial charge in [0.1, 0.15) is 6.10 Å². The Hall–Kier alpha value is -1.89. The van der Waals surface area contributed by atoms with E-state index in [1.807, 2.05) is 4.90 Å². The highest BCUT2D eigenvalue weighted by atomic mass is 16.5. The summed E-state index contributed by atoms with van der Waals surface area (Å²) in [7, 11) is 3.62. The summed E-state index contributed by atoms with van der Waals surface area (Å²) in [5.41, 5.74) is 0. The van der Waals surface area contributed by atoms with Crippen molar-refractivity contribution in [1.29, 1.82) is 0 Å². The normalized spacial score (nSPS) is 25.4. The molecular formula is C16H24N4O3. The van der Waals surface area contributed by atoms with Crippen molar-refractivity contribution >= 4 is 5.91 Å².